The van der Waals surface area contributed by atoms with Crippen molar-refractivity contribution < 1.29 is 19.4 Å². The van der Waals surface area contributed by atoms with Gasteiger partial charge < -0.3 is 9.84 Å². The van der Waals surface area contributed by atoms with Gasteiger partial charge in [-0.1, -0.05) is 39.5 Å². The van der Waals surface area contributed by atoms with E-state index in [0.29, 0.717) is 11.6 Å². The number of aliphatic hydroxyl groups is 1. The number of ether oxygens (including phenoxy) is 1. The van der Waals surface area contributed by atoms with Crippen LogP contribution in [0.3, 0.4) is 0 Å². The molecule has 2 rings (SSSR count). The molecule has 0 spiro atoms. The van der Waals surface area contributed by atoms with Gasteiger partial charge in [0.2, 0.25) is 0 Å². The fraction of sp³-hybridized carbons (Fsp3) is 0.931. The number of rotatable bonds is 14. The first-order valence-electron chi connectivity index (χ1n) is 13.8. The Balaban J connectivity index is 1.72. The molecule has 4 unspecified atom stereocenters. The van der Waals surface area contributed by atoms with Gasteiger partial charge >= 0.3 is 0 Å². The third-order valence-corrected chi connectivity index (χ3v) is 8.64. The molecule has 2 aliphatic rings. The van der Waals surface area contributed by atoms with E-state index >= 15 is 0 Å². The van der Waals surface area contributed by atoms with Crippen LogP contribution in [0.5, 0.6) is 0 Å². The number of aliphatic hydroxyl groups excluding tert-OH is 1. The number of hydrogen-bond acceptors (Lipinski definition) is 4. The summed E-state index contributed by atoms with van der Waals surface area (Å²) in [5, 5.41) is 9.45. The summed E-state index contributed by atoms with van der Waals surface area (Å²) in [6.45, 7) is 8.63. The lowest BCUT2D eigenvalue weighted by atomic mass is 9.73. The summed E-state index contributed by atoms with van der Waals surface area (Å²) in [4.78, 5) is 26.1. The molecule has 2 saturated carbocycles. The second-order valence-electron chi connectivity index (χ2n) is 12.5. The maximum atomic E-state index is 13.1. The molecule has 192 valence electrons. The van der Waals surface area contributed by atoms with E-state index in [0.717, 1.165) is 89.9 Å². The molecule has 4 heteroatoms. The fourth-order valence-corrected chi connectivity index (χ4v) is 6.00. The zero-order valence-corrected chi connectivity index (χ0v) is 22.3. The summed E-state index contributed by atoms with van der Waals surface area (Å²) in [6, 6.07) is 0. The minimum Gasteiger partial charge on any atom is -0.396 e. The first kappa shape index (κ1) is 28.5. The van der Waals surface area contributed by atoms with Crippen LogP contribution in [0, 0.1) is 29.1 Å². The van der Waals surface area contributed by atoms with Crippen molar-refractivity contribution >= 4 is 11.6 Å². The lowest BCUT2D eigenvalue weighted by molar-refractivity contribution is -0.130. The molecule has 0 bridgehead atoms. The van der Waals surface area contributed by atoms with Crippen LogP contribution in [-0.4, -0.2) is 36.0 Å². The second kappa shape index (κ2) is 13.4. The second-order valence-corrected chi connectivity index (χ2v) is 12.5. The summed E-state index contributed by atoms with van der Waals surface area (Å²) >= 11 is 0. The van der Waals surface area contributed by atoms with Gasteiger partial charge in [-0.15, -0.1) is 0 Å². The molecular weight excluding hydrogens is 412 g/mol. The van der Waals surface area contributed by atoms with Gasteiger partial charge in [0.05, 0.1) is 5.60 Å². The maximum absolute atomic E-state index is 13.1. The first-order valence-corrected chi connectivity index (χ1v) is 13.8. The molecule has 33 heavy (non-hydrogen) atoms. The average molecular weight is 465 g/mol. The predicted molar refractivity (Wildman–Crippen MR) is 135 cm³/mol. The minimum atomic E-state index is -0.101. The number of ketones is 2. The average Bonchev–Trinajstić information content (AvgIpc) is 2.78. The standard InChI is InChI=1S/C29H52O4/c1-28(2,21-30)19-9-17-24-15-7-13-22(26(24)31)11-6-12-23-14-8-16-25(27(23)32)18-10-20-29(3,4)33-5/h22-25,30H,6-21H2,1-5H3. The van der Waals surface area contributed by atoms with Crippen molar-refractivity contribution in [3.8, 4) is 0 Å². The zero-order chi connectivity index (χ0) is 24.5. The Bertz CT molecular complexity index is 557. The number of carbonyl (C=O) groups is 2. The molecule has 0 radical (unpaired) electrons. The van der Waals surface area contributed by atoms with Gasteiger partial charge in [-0.05, 0) is 89.9 Å². The SMILES string of the molecule is COC(C)(C)CCCC1CCCC(CCCC2CCCC(CCCC(C)(C)CO)C2=O)C1=O. The lowest BCUT2D eigenvalue weighted by Gasteiger charge is -2.31. The molecule has 0 aromatic carbocycles. The van der Waals surface area contributed by atoms with Gasteiger partial charge in [0.25, 0.3) is 0 Å². The van der Waals surface area contributed by atoms with Gasteiger partial charge in [0, 0.05) is 37.4 Å². The molecule has 0 amide bonds. The topological polar surface area (TPSA) is 63.6 Å². The Morgan fingerprint density at radius 1 is 0.727 bits per heavy atom. The van der Waals surface area contributed by atoms with Crippen LogP contribution in [-0.2, 0) is 14.3 Å². The third-order valence-electron chi connectivity index (χ3n) is 8.64. The van der Waals surface area contributed by atoms with Crippen molar-refractivity contribution in [1.29, 1.82) is 0 Å². The third kappa shape index (κ3) is 9.43. The summed E-state index contributed by atoms with van der Waals surface area (Å²) < 4.78 is 5.52. The summed E-state index contributed by atoms with van der Waals surface area (Å²) in [5.41, 5.74) is -0.141. The lowest BCUT2D eigenvalue weighted by Crippen LogP contribution is -2.31. The smallest absolute Gasteiger partial charge is 0.139 e. The Morgan fingerprint density at radius 2 is 1.12 bits per heavy atom. The van der Waals surface area contributed by atoms with Crippen molar-refractivity contribution in [3.05, 3.63) is 0 Å². The van der Waals surface area contributed by atoms with E-state index in [1.165, 1.54) is 6.42 Å². The molecule has 0 aromatic rings. The van der Waals surface area contributed by atoms with Gasteiger partial charge in [-0.25, -0.2) is 0 Å². The predicted octanol–water partition coefficient (Wildman–Crippen LogP) is 6.91. The number of hydrogen-bond donors (Lipinski definition) is 1. The van der Waals surface area contributed by atoms with E-state index in [1.807, 2.05) is 0 Å². The van der Waals surface area contributed by atoms with E-state index in [4.69, 9.17) is 4.74 Å². The number of carbonyl (C=O) groups excluding carboxylic acids is 2. The van der Waals surface area contributed by atoms with Crippen LogP contribution in [0.1, 0.15) is 124 Å². The molecule has 4 atom stereocenters. The fourth-order valence-electron chi connectivity index (χ4n) is 6.00. The highest BCUT2D eigenvalue weighted by Gasteiger charge is 2.33. The normalized spacial score (nSPS) is 27.2. The Morgan fingerprint density at radius 3 is 1.52 bits per heavy atom. The molecular formula is C29H52O4. The van der Waals surface area contributed by atoms with Crippen molar-refractivity contribution in [1.82, 2.24) is 0 Å². The van der Waals surface area contributed by atoms with Crippen LogP contribution in [0.15, 0.2) is 0 Å². The van der Waals surface area contributed by atoms with Crippen LogP contribution in [0.4, 0.5) is 0 Å². The van der Waals surface area contributed by atoms with Crippen LogP contribution < -0.4 is 0 Å². The Kier molecular flexibility index (Phi) is 11.6. The highest BCUT2D eigenvalue weighted by molar-refractivity contribution is 5.84. The van der Waals surface area contributed by atoms with Gasteiger partial charge in [0.1, 0.15) is 11.6 Å². The van der Waals surface area contributed by atoms with E-state index in [-0.39, 0.29) is 41.3 Å². The Hall–Kier alpha value is -0.740. The quantitative estimate of drug-likeness (QED) is 0.303. The van der Waals surface area contributed by atoms with Crippen LogP contribution in [0.25, 0.3) is 0 Å². The van der Waals surface area contributed by atoms with Crippen molar-refractivity contribution in [2.75, 3.05) is 13.7 Å². The molecule has 0 heterocycles. The van der Waals surface area contributed by atoms with Crippen molar-refractivity contribution in [2.24, 2.45) is 29.1 Å². The van der Waals surface area contributed by atoms with E-state index < -0.39 is 0 Å². The minimum absolute atomic E-state index is 0.0402. The van der Waals surface area contributed by atoms with E-state index in [2.05, 4.69) is 27.7 Å². The van der Waals surface area contributed by atoms with Crippen molar-refractivity contribution in [3.63, 3.8) is 0 Å². The molecule has 4 nitrogen and oxygen atoms in total. The highest BCUT2D eigenvalue weighted by Crippen LogP contribution is 2.36. The Labute approximate surface area is 203 Å². The molecule has 0 saturated heterocycles. The summed E-state index contributed by atoms with van der Waals surface area (Å²) in [7, 11) is 1.76. The van der Waals surface area contributed by atoms with Crippen LogP contribution >= 0.6 is 0 Å². The summed E-state index contributed by atoms with van der Waals surface area (Å²) in [6.07, 6.45) is 15.5. The number of methoxy groups -OCH3 is 1. The monoisotopic (exact) mass is 464 g/mol. The summed E-state index contributed by atoms with van der Waals surface area (Å²) in [5.74, 6) is 1.86. The highest BCUT2D eigenvalue weighted by atomic mass is 16.5. The van der Waals surface area contributed by atoms with Crippen molar-refractivity contribution in [2.45, 2.75) is 130 Å². The molecule has 2 fully saturated rings. The van der Waals surface area contributed by atoms with Gasteiger partial charge in [0.15, 0.2) is 0 Å². The zero-order valence-electron chi connectivity index (χ0n) is 22.3. The van der Waals surface area contributed by atoms with Gasteiger partial charge in [-0.3, -0.25) is 9.59 Å². The van der Waals surface area contributed by atoms with E-state index in [9.17, 15) is 14.7 Å². The molecule has 0 aliphatic heterocycles. The molecule has 0 aromatic heterocycles. The largest absolute Gasteiger partial charge is 0.396 e. The van der Waals surface area contributed by atoms with Gasteiger partial charge in [-0.2, -0.15) is 0 Å². The maximum Gasteiger partial charge on any atom is 0.139 e. The molecule has 2 aliphatic carbocycles. The molecule has 1 N–H and O–H groups in total. The first-order chi connectivity index (χ1) is 15.6. The van der Waals surface area contributed by atoms with E-state index in [1.54, 1.807) is 7.11 Å². The van der Waals surface area contributed by atoms with Crippen LogP contribution in [0.2, 0.25) is 0 Å². The number of Topliss-reactive ketones (excluding diaryl/α,β-unsaturated/α-hetero) is 2.